The van der Waals surface area contributed by atoms with Crippen LogP contribution in [0.5, 0.6) is 0 Å². The van der Waals surface area contributed by atoms with E-state index in [1.165, 1.54) is 29.0 Å². The van der Waals surface area contributed by atoms with Crippen molar-refractivity contribution < 1.29 is 9.59 Å². The van der Waals surface area contributed by atoms with Crippen molar-refractivity contribution in [1.29, 1.82) is 0 Å². The Morgan fingerprint density at radius 3 is 2.66 bits per heavy atom. The first-order chi connectivity index (χ1) is 15.4. The lowest BCUT2D eigenvalue weighted by Gasteiger charge is -2.22. The summed E-state index contributed by atoms with van der Waals surface area (Å²) >= 11 is 0. The summed E-state index contributed by atoms with van der Waals surface area (Å²) in [6.07, 6.45) is 3.72. The highest BCUT2D eigenvalue weighted by Crippen LogP contribution is 2.24. The Labute approximate surface area is 191 Å². The van der Waals surface area contributed by atoms with Crippen molar-refractivity contribution in [3.05, 3.63) is 29.8 Å². The van der Waals surface area contributed by atoms with Gasteiger partial charge >= 0.3 is 6.03 Å². The molecule has 2 saturated heterocycles. The standard InChI is InChI=1S/C24H38N6O2/c1-5-24(4)21(31)30(23(32)28-24)16-10-13-26-22(25-6-2)27-18(3)19-11-9-12-20(17-19)29-14-7-8-15-29/h9,11-12,17-18H,5-8,10,13-16H2,1-4H3,(H,28,32)(H2,25,26,27). The first-order valence-electron chi connectivity index (χ1n) is 11.9. The van der Waals surface area contributed by atoms with Gasteiger partial charge in [0, 0.05) is 38.4 Å². The normalized spacial score (nSPS) is 22.3. The number of guanidine groups is 1. The number of benzene rings is 1. The first kappa shape index (κ1) is 23.9. The number of hydrogen-bond acceptors (Lipinski definition) is 4. The second-order valence-corrected chi connectivity index (χ2v) is 8.84. The third-order valence-corrected chi connectivity index (χ3v) is 6.40. The second-order valence-electron chi connectivity index (χ2n) is 8.84. The van der Waals surface area contributed by atoms with E-state index in [2.05, 4.69) is 57.0 Å². The minimum absolute atomic E-state index is 0.103. The van der Waals surface area contributed by atoms with Crippen LogP contribution in [0.2, 0.25) is 0 Å². The molecular formula is C24H38N6O2. The molecule has 0 aliphatic carbocycles. The van der Waals surface area contributed by atoms with E-state index in [-0.39, 0.29) is 18.0 Å². The van der Waals surface area contributed by atoms with Gasteiger partial charge in [-0.1, -0.05) is 19.1 Å². The molecule has 3 N–H and O–H groups in total. The molecule has 3 rings (SSSR count). The van der Waals surface area contributed by atoms with Gasteiger partial charge in [0.25, 0.3) is 5.91 Å². The summed E-state index contributed by atoms with van der Waals surface area (Å²) in [6.45, 7) is 11.8. The van der Waals surface area contributed by atoms with Crippen LogP contribution in [-0.2, 0) is 4.79 Å². The Balaban J connectivity index is 1.55. The lowest BCUT2D eigenvalue weighted by molar-refractivity contribution is -0.130. The number of carbonyl (C=O) groups is 2. The van der Waals surface area contributed by atoms with Crippen LogP contribution in [0.3, 0.4) is 0 Å². The average molecular weight is 443 g/mol. The van der Waals surface area contributed by atoms with E-state index < -0.39 is 5.54 Å². The van der Waals surface area contributed by atoms with Gasteiger partial charge in [-0.05, 0) is 64.2 Å². The molecule has 8 nitrogen and oxygen atoms in total. The fourth-order valence-corrected chi connectivity index (χ4v) is 4.18. The van der Waals surface area contributed by atoms with Crippen LogP contribution in [0.4, 0.5) is 10.5 Å². The van der Waals surface area contributed by atoms with Crippen LogP contribution < -0.4 is 20.9 Å². The Morgan fingerprint density at radius 1 is 1.25 bits per heavy atom. The van der Waals surface area contributed by atoms with Gasteiger partial charge in [0.05, 0.1) is 6.04 Å². The van der Waals surface area contributed by atoms with Crippen molar-refractivity contribution in [2.24, 2.45) is 4.99 Å². The van der Waals surface area contributed by atoms with E-state index in [1.54, 1.807) is 6.92 Å². The van der Waals surface area contributed by atoms with E-state index in [1.807, 2.05) is 13.8 Å². The first-order valence-corrected chi connectivity index (χ1v) is 11.9. The number of amides is 3. The van der Waals surface area contributed by atoms with Crippen LogP contribution in [0.15, 0.2) is 29.3 Å². The Morgan fingerprint density at radius 2 is 2.00 bits per heavy atom. The zero-order chi connectivity index (χ0) is 23.1. The van der Waals surface area contributed by atoms with Crippen LogP contribution in [0.25, 0.3) is 0 Å². The number of nitrogens with one attached hydrogen (secondary N) is 3. The molecule has 2 heterocycles. The molecule has 1 aromatic rings. The summed E-state index contributed by atoms with van der Waals surface area (Å²) in [7, 11) is 0. The number of urea groups is 1. The fourth-order valence-electron chi connectivity index (χ4n) is 4.18. The molecule has 0 radical (unpaired) electrons. The van der Waals surface area contributed by atoms with E-state index >= 15 is 0 Å². The maximum absolute atomic E-state index is 12.5. The summed E-state index contributed by atoms with van der Waals surface area (Å²) < 4.78 is 0. The molecular weight excluding hydrogens is 404 g/mol. The highest BCUT2D eigenvalue weighted by Gasteiger charge is 2.45. The molecule has 3 amide bonds. The molecule has 0 saturated carbocycles. The maximum atomic E-state index is 12.5. The number of imide groups is 1. The zero-order valence-electron chi connectivity index (χ0n) is 19.9. The van der Waals surface area contributed by atoms with Crippen molar-refractivity contribution in [1.82, 2.24) is 20.9 Å². The molecule has 2 atom stereocenters. The van der Waals surface area contributed by atoms with Gasteiger partial charge in [-0.15, -0.1) is 0 Å². The van der Waals surface area contributed by atoms with Crippen molar-refractivity contribution in [3.63, 3.8) is 0 Å². The summed E-state index contributed by atoms with van der Waals surface area (Å²) in [5.74, 6) is 0.590. The largest absolute Gasteiger partial charge is 0.372 e. The summed E-state index contributed by atoms with van der Waals surface area (Å²) in [4.78, 5) is 33.1. The quantitative estimate of drug-likeness (QED) is 0.237. The lowest BCUT2D eigenvalue weighted by atomic mass is 9.99. The van der Waals surface area contributed by atoms with Crippen LogP contribution in [-0.4, -0.2) is 61.1 Å². The lowest BCUT2D eigenvalue weighted by Crippen LogP contribution is -2.43. The number of nitrogens with zero attached hydrogens (tertiary/aromatic N) is 3. The number of aliphatic imine (C=N–C) groups is 1. The molecule has 1 aromatic carbocycles. The minimum Gasteiger partial charge on any atom is -0.372 e. The van der Waals surface area contributed by atoms with Gasteiger partial charge in [0.1, 0.15) is 5.54 Å². The number of anilines is 1. The van der Waals surface area contributed by atoms with E-state index in [4.69, 9.17) is 0 Å². The Hall–Kier alpha value is -2.77. The molecule has 32 heavy (non-hydrogen) atoms. The van der Waals surface area contributed by atoms with Crippen LogP contribution >= 0.6 is 0 Å². The third-order valence-electron chi connectivity index (χ3n) is 6.40. The van der Waals surface area contributed by atoms with Crippen molar-refractivity contribution in [2.45, 2.75) is 65.0 Å². The summed E-state index contributed by atoms with van der Waals surface area (Å²) in [5.41, 5.74) is 1.72. The molecule has 2 aliphatic heterocycles. The predicted octanol–water partition coefficient (Wildman–Crippen LogP) is 3.01. The van der Waals surface area contributed by atoms with Gasteiger partial charge < -0.3 is 20.9 Å². The SMILES string of the molecule is CCNC(=NCCCN1C(=O)NC(C)(CC)C1=O)NC(C)c1cccc(N2CCCC2)c1. The summed E-state index contributed by atoms with van der Waals surface area (Å²) in [6, 6.07) is 8.50. The Bertz CT molecular complexity index is 836. The number of hydrogen-bond donors (Lipinski definition) is 3. The fraction of sp³-hybridized carbons (Fsp3) is 0.625. The molecule has 2 unspecified atom stereocenters. The highest BCUT2D eigenvalue weighted by atomic mass is 16.2. The Kier molecular flexibility index (Phi) is 7.99. The molecule has 0 bridgehead atoms. The topological polar surface area (TPSA) is 89.1 Å². The van der Waals surface area contributed by atoms with E-state index in [0.717, 1.165) is 25.6 Å². The van der Waals surface area contributed by atoms with Crippen molar-refractivity contribution in [2.75, 3.05) is 37.6 Å². The second kappa shape index (κ2) is 10.7. The monoisotopic (exact) mass is 442 g/mol. The van der Waals surface area contributed by atoms with Crippen LogP contribution in [0, 0.1) is 0 Å². The van der Waals surface area contributed by atoms with Gasteiger partial charge in [0.2, 0.25) is 0 Å². The molecule has 0 aromatic heterocycles. The molecule has 2 fully saturated rings. The summed E-state index contributed by atoms with van der Waals surface area (Å²) in [5, 5.41) is 9.56. The number of carbonyl (C=O) groups excluding carboxylic acids is 2. The smallest absolute Gasteiger partial charge is 0.325 e. The molecule has 2 aliphatic rings. The van der Waals surface area contributed by atoms with Gasteiger partial charge in [-0.2, -0.15) is 0 Å². The van der Waals surface area contributed by atoms with E-state index in [9.17, 15) is 9.59 Å². The molecule has 176 valence electrons. The molecule has 8 heteroatoms. The van der Waals surface area contributed by atoms with Gasteiger partial charge in [-0.3, -0.25) is 14.7 Å². The zero-order valence-corrected chi connectivity index (χ0v) is 19.9. The predicted molar refractivity (Wildman–Crippen MR) is 129 cm³/mol. The van der Waals surface area contributed by atoms with Gasteiger partial charge in [-0.25, -0.2) is 4.79 Å². The maximum Gasteiger partial charge on any atom is 0.325 e. The van der Waals surface area contributed by atoms with Crippen molar-refractivity contribution >= 4 is 23.6 Å². The minimum atomic E-state index is -0.782. The average Bonchev–Trinajstić information content (AvgIpc) is 3.40. The van der Waals surface area contributed by atoms with E-state index in [0.29, 0.717) is 25.9 Å². The van der Waals surface area contributed by atoms with Crippen LogP contribution in [0.1, 0.15) is 65.0 Å². The molecule has 0 spiro atoms. The highest BCUT2D eigenvalue weighted by molar-refractivity contribution is 6.06. The third kappa shape index (κ3) is 5.53. The number of rotatable bonds is 9. The van der Waals surface area contributed by atoms with Gasteiger partial charge in [0.15, 0.2) is 5.96 Å². The van der Waals surface area contributed by atoms with Crippen molar-refractivity contribution in [3.8, 4) is 0 Å².